The van der Waals surface area contributed by atoms with Crippen LogP contribution in [0, 0.1) is 0 Å². The molecule has 0 nitrogen and oxygen atoms in total. The van der Waals surface area contributed by atoms with E-state index in [1.54, 1.807) is 6.07 Å². The average molecular weight is 453 g/mol. The molecule has 0 aromatic heterocycles. The van der Waals surface area contributed by atoms with Crippen LogP contribution in [0.15, 0.2) is 84.4 Å². The summed E-state index contributed by atoms with van der Waals surface area (Å²) in [5.74, 6) is 0.286. The first-order chi connectivity index (χ1) is 15.6. The Morgan fingerprint density at radius 3 is 2.22 bits per heavy atom. The molecule has 0 saturated heterocycles. The van der Waals surface area contributed by atoms with Gasteiger partial charge in [0.25, 0.3) is 0 Å². The van der Waals surface area contributed by atoms with Gasteiger partial charge >= 0.3 is 0 Å². The fourth-order valence-corrected chi connectivity index (χ4v) is 6.08. The first-order valence-corrected chi connectivity index (χ1v) is 11.9. The predicted octanol–water partition coefficient (Wildman–Crippen LogP) is 9.17. The first kappa shape index (κ1) is 19.9. The van der Waals surface area contributed by atoms with Crippen LogP contribution in [0.1, 0.15) is 47.1 Å². The molecule has 156 valence electrons. The molecule has 0 bridgehead atoms. The second-order valence-corrected chi connectivity index (χ2v) is 9.55. The van der Waals surface area contributed by atoms with Crippen LogP contribution < -0.4 is 0 Å². The summed E-state index contributed by atoms with van der Waals surface area (Å²) in [6, 6.07) is 28.1. The number of benzene rings is 4. The van der Waals surface area contributed by atoms with E-state index in [9.17, 15) is 0 Å². The molecule has 0 saturated carbocycles. The van der Waals surface area contributed by atoms with Crippen LogP contribution in [0.4, 0.5) is 0 Å². The first-order valence-electron chi connectivity index (χ1n) is 11.1. The summed E-state index contributed by atoms with van der Waals surface area (Å²) in [4.78, 5) is 0. The second kappa shape index (κ2) is 7.66. The largest absolute Gasteiger partial charge is 0.0843 e. The van der Waals surface area contributed by atoms with Crippen molar-refractivity contribution in [3.05, 3.63) is 122 Å². The molecule has 0 spiro atoms. The third kappa shape index (κ3) is 3.05. The van der Waals surface area contributed by atoms with Gasteiger partial charge in [-0.3, -0.25) is 0 Å². The Kier molecular flexibility index (Phi) is 4.75. The Labute approximate surface area is 199 Å². The number of hydrogen-bond acceptors (Lipinski definition) is 0. The van der Waals surface area contributed by atoms with E-state index in [0.717, 1.165) is 18.4 Å². The molecule has 0 fully saturated rings. The summed E-state index contributed by atoms with van der Waals surface area (Å²) in [6.45, 7) is 2.26. The monoisotopic (exact) mass is 452 g/mol. The molecule has 32 heavy (non-hydrogen) atoms. The smallest absolute Gasteiger partial charge is 0.0426 e. The van der Waals surface area contributed by atoms with Crippen molar-refractivity contribution in [2.24, 2.45) is 0 Å². The van der Waals surface area contributed by atoms with E-state index in [1.165, 1.54) is 50.1 Å². The molecule has 1 atom stereocenters. The van der Waals surface area contributed by atoms with E-state index in [4.69, 9.17) is 23.2 Å². The average Bonchev–Trinajstić information content (AvgIpc) is 3.36. The molecule has 0 N–H and O–H groups in total. The molecule has 6 rings (SSSR count). The highest BCUT2D eigenvalue weighted by Gasteiger charge is 2.31. The molecule has 0 amide bonds. The minimum Gasteiger partial charge on any atom is -0.0843 e. The van der Waals surface area contributed by atoms with E-state index in [1.807, 2.05) is 12.1 Å². The van der Waals surface area contributed by atoms with Gasteiger partial charge in [-0.25, -0.2) is 0 Å². The van der Waals surface area contributed by atoms with Gasteiger partial charge in [0.05, 0.1) is 0 Å². The molecule has 1 unspecified atom stereocenters. The van der Waals surface area contributed by atoms with Gasteiger partial charge < -0.3 is 0 Å². The van der Waals surface area contributed by atoms with Gasteiger partial charge in [0.15, 0.2) is 0 Å². The van der Waals surface area contributed by atoms with Crippen molar-refractivity contribution < 1.29 is 0 Å². The zero-order valence-corrected chi connectivity index (χ0v) is 19.3. The maximum absolute atomic E-state index is 6.34. The quantitative estimate of drug-likeness (QED) is 0.255. The molecule has 2 heteroatoms. The van der Waals surface area contributed by atoms with Crippen molar-refractivity contribution >= 4 is 29.3 Å². The number of halogens is 2. The van der Waals surface area contributed by atoms with Gasteiger partial charge in [0, 0.05) is 16.0 Å². The van der Waals surface area contributed by atoms with Gasteiger partial charge in [-0.05, 0) is 81.1 Å². The lowest BCUT2D eigenvalue weighted by Gasteiger charge is -2.21. The predicted molar refractivity (Wildman–Crippen MR) is 137 cm³/mol. The standard InChI is InChI=1S/C30H22Cl2/c1-2-18-15-28-24(20-13-21(31)17-22(32)14-20)9-5-11-26(28)30(18)27-12-6-10-25-23-8-4-3-7-19(23)16-29(25)27/h3-15,17,30H,2,16H2,1H3. The van der Waals surface area contributed by atoms with Crippen LogP contribution in [0.2, 0.25) is 10.0 Å². The van der Waals surface area contributed by atoms with Crippen LogP contribution in [-0.2, 0) is 6.42 Å². The van der Waals surface area contributed by atoms with Crippen molar-refractivity contribution in [3.8, 4) is 22.3 Å². The molecular formula is C30H22Cl2. The Balaban J connectivity index is 1.53. The van der Waals surface area contributed by atoms with Crippen LogP contribution in [0.5, 0.6) is 0 Å². The maximum atomic E-state index is 6.34. The van der Waals surface area contributed by atoms with Gasteiger partial charge in [-0.15, -0.1) is 0 Å². The topological polar surface area (TPSA) is 0 Å². The van der Waals surface area contributed by atoms with Crippen LogP contribution >= 0.6 is 23.2 Å². The summed E-state index contributed by atoms with van der Waals surface area (Å²) in [7, 11) is 0. The molecule has 0 aliphatic heterocycles. The summed E-state index contributed by atoms with van der Waals surface area (Å²) < 4.78 is 0. The third-order valence-electron chi connectivity index (χ3n) is 6.93. The number of hydrogen-bond donors (Lipinski definition) is 0. The zero-order valence-electron chi connectivity index (χ0n) is 17.8. The summed E-state index contributed by atoms with van der Waals surface area (Å²) in [5.41, 5.74) is 13.5. The van der Waals surface area contributed by atoms with Crippen molar-refractivity contribution in [3.63, 3.8) is 0 Å². The molecule has 4 aromatic carbocycles. The molecule has 0 radical (unpaired) electrons. The van der Waals surface area contributed by atoms with Gasteiger partial charge in [0.1, 0.15) is 0 Å². The zero-order chi connectivity index (χ0) is 21.8. The molecule has 4 aromatic rings. The van der Waals surface area contributed by atoms with Crippen LogP contribution in [0.25, 0.3) is 28.3 Å². The van der Waals surface area contributed by atoms with Crippen molar-refractivity contribution in [2.75, 3.05) is 0 Å². The van der Waals surface area contributed by atoms with Gasteiger partial charge in [-0.1, -0.05) is 102 Å². The lowest BCUT2D eigenvalue weighted by molar-refractivity contribution is 0.895. The normalized spacial score (nSPS) is 15.8. The molecular weight excluding hydrogens is 431 g/mol. The lowest BCUT2D eigenvalue weighted by Crippen LogP contribution is -2.05. The fourth-order valence-electron chi connectivity index (χ4n) is 5.55. The van der Waals surface area contributed by atoms with E-state index in [-0.39, 0.29) is 5.92 Å². The number of fused-ring (bicyclic) bond motifs is 4. The highest BCUT2D eigenvalue weighted by molar-refractivity contribution is 6.35. The lowest BCUT2D eigenvalue weighted by atomic mass is 9.82. The number of allylic oxidation sites excluding steroid dienone is 1. The fraction of sp³-hybridized carbons (Fsp3) is 0.133. The summed E-state index contributed by atoms with van der Waals surface area (Å²) >= 11 is 12.7. The van der Waals surface area contributed by atoms with Crippen molar-refractivity contribution in [2.45, 2.75) is 25.7 Å². The molecule has 2 aliphatic carbocycles. The van der Waals surface area contributed by atoms with Crippen LogP contribution in [-0.4, -0.2) is 0 Å². The highest BCUT2D eigenvalue weighted by atomic mass is 35.5. The molecule has 2 aliphatic rings. The van der Waals surface area contributed by atoms with E-state index in [2.05, 4.69) is 73.7 Å². The maximum Gasteiger partial charge on any atom is 0.0426 e. The summed E-state index contributed by atoms with van der Waals surface area (Å²) in [5, 5.41) is 1.33. The van der Waals surface area contributed by atoms with E-state index < -0.39 is 0 Å². The Morgan fingerprint density at radius 1 is 0.750 bits per heavy atom. The number of rotatable bonds is 3. The Hall–Kier alpha value is -2.80. The minimum atomic E-state index is 0.286. The van der Waals surface area contributed by atoms with Crippen LogP contribution in [0.3, 0.4) is 0 Å². The Morgan fingerprint density at radius 2 is 1.44 bits per heavy atom. The highest BCUT2D eigenvalue weighted by Crippen LogP contribution is 2.49. The summed E-state index contributed by atoms with van der Waals surface area (Å²) in [6.07, 6.45) is 4.42. The minimum absolute atomic E-state index is 0.286. The van der Waals surface area contributed by atoms with Gasteiger partial charge in [0.2, 0.25) is 0 Å². The Bertz CT molecular complexity index is 1390. The van der Waals surface area contributed by atoms with Gasteiger partial charge in [-0.2, -0.15) is 0 Å². The third-order valence-corrected chi connectivity index (χ3v) is 7.37. The molecule has 0 heterocycles. The van der Waals surface area contributed by atoms with E-state index >= 15 is 0 Å². The SMILES string of the molecule is CCC1=Cc2c(-c3cc(Cl)cc(Cl)c3)cccc2C1c1cccc2c1Cc1ccccc1-2. The van der Waals surface area contributed by atoms with Crippen molar-refractivity contribution in [1.82, 2.24) is 0 Å². The van der Waals surface area contributed by atoms with E-state index in [0.29, 0.717) is 10.0 Å². The van der Waals surface area contributed by atoms with Crippen molar-refractivity contribution in [1.29, 1.82) is 0 Å². The second-order valence-electron chi connectivity index (χ2n) is 8.68.